The molecular weight excluding hydrogens is 764 g/mol. The van der Waals surface area contributed by atoms with Crippen molar-refractivity contribution in [3.8, 4) is 11.5 Å². The van der Waals surface area contributed by atoms with Crippen LogP contribution in [-0.2, 0) is 38.8 Å². The number of alkyl halides is 1. The minimum Gasteiger partial charge on any atom is -0.487 e. The summed E-state index contributed by atoms with van der Waals surface area (Å²) < 4.78 is 12.5. The zero-order valence-electron chi connectivity index (χ0n) is 31.8. The molecule has 0 fully saturated rings. The molecule has 0 radical (unpaired) electrons. The lowest BCUT2D eigenvalue weighted by molar-refractivity contribution is -0.138. The van der Waals surface area contributed by atoms with Gasteiger partial charge in [0, 0.05) is 54.5 Å². The molecule has 1 unspecified atom stereocenters. The van der Waals surface area contributed by atoms with Crippen LogP contribution in [-0.4, -0.2) is 78.3 Å². The van der Waals surface area contributed by atoms with Gasteiger partial charge in [0.05, 0.1) is 23.4 Å². The van der Waals surface area contributed by atoms with Crippen molar-refractivity contribution < 1.29 is 38.6 Å². The predicted molar refractivity (Wildman–Crippen MR) is 220 cm³/mol. The summed E-state index contributed by atoms with van der Waals surface area (Å²) in [4.78, 5) is 70.2. The largest absolute Gasteiger partial charge is 0.487 e. The lowest BCUT2D eigenvalue weighted by Gasteiger charge is -2.24. The van der Waals surface area contributed by atoms with Crippen LogP contribution in [0, 0.1) is 0 Å². The molecule has 2 aliphatic heterocycles. The number of amides is 4. The lowest BCUT2D eigenvalue weighted by Crippen LogP contribution is -2.41. The van der Waals surface area contributed by atoms with Gasteiger partial charge in [-0.1, -0.05) is 67.6 Å². The molecule has 58 heavy (non-hydrogen) atoms. The minimum atomic E-state index is -1.16. The number of H-pyrrole nitrogens is 1. The van der Waals surface area contributed by atoms with E-state index in [1.165, 1.54) is 0 Å². The van der Waals surface area contributed by atoms with Gasteiger partial charge >= 0.3 is 5.97 Å². The first-order chi connectivity index (χ1) is 28.2. The molecule has 14 nitrogen and oxygen atoms in total. The number of carbonyl (C=O) groups is 5. The summed E-state index contributed by atoms with van der Waals surface area (Å²) in [6.07, 6.45) is 1.60. The number of ether oxygens (including phenoxy) is 2. The molecule has 4 aromatic carbocycles. The molecule has 0 aliphatic carbocycles. The summed E-state index contributed by atoms with van der Waals surface area (Å²) in [5.41, 5.74) is 5.95. The van der Waals surface area contributed by atoms with E-state index in [4.69, 9.17) is 26.2 Å². The van der Waals surface area contributed by atoms with Crippen molar-refractivity contribution in [3.63, 3.8) is 0 Å². The Hall–Kier alpha value is -6.54. The number of hydrogen-bond donors (Lipinski definition) is 5. The van der Waals surface area contributed by atoms with Gasteiger partial charge in [0.25, 0.3) is 5.91 Å². The van der Waals surface area contributed by atoms with Gasteiger partial charge in [0.15, 0.2) is 0 Å². The van der Waals surface area contributed by atoms with Crippen LogP contribution in [0.15, 0.2) is 84.9 Å². The zero-order valence-corrected chi connectivity index (χ0v) is 32.5. The second kappa shape index (κ2) is 17.7. The molecule has 5 aromatic rings. The van der Waals surface area contributed by atoms with E-state index < -0.39 is 30.4 Å². The van der Waals surface area contributed by atoms with Crippen molar-refractivity contribution in [3.05, 3.63) is 113 Å². The van der Waals surface area contributed by atoms with E-state index in [9.17, 15) is 24.0 Å². The second-order valence-electron chi connectivity index (χ2n) is 14.2. The van der Waals surface area contributed by atoms with Crippen LogP contribution in [0.2, 0.25) is 0 Å². The molecule has 0 saturated carbocycles. The number of anilines is 3. The average molecular weight is 807 g/mol. The van der Waals surface area contributed by atoms with Gasteiger partial charge in [-0.15, -0.1) is 11.6 Å². The summed E-state index contributed by atoms with van der Waals surface area (Å²) in [6, 6.07) is 25.5. The van der Waals surface area contributed by atoms with Crippen LogP contribution in [0.5, 0.6) is 11.5 Å². The first-order valence-electron chi connectivity index (χ1n) is 19.0. The number of aliphatic carboxylic acids is 1. The van der Waals surface area contributed by atoms with E-state index in [0.717, 1.165) is 23.1 Å². The highest BCUT2D eigenvalue weighted by atomic mass is 35.5. The normalized spacial score (nSPS) is 15.2. The first kappa shape index (κ1) is 39.7. The number of nitrogens with zero attached hydrogens (tertiary/aromatic N) is 2. The zero-order chi connectivity index (χ0) is 40.8. The summed E-state index contributed by atoms with van der Waals surface area (Å²) >= 11 is 6.38. The quantitative estimate of drug-likeness (QED) is 0.0613. The van der Waals surface area contributed by atoms with Crippen LogP contribution in [0.4, 0.5) is 17.1 Å². The summed E-state index contributed by atoms with van der Waals surface area (Å²) in [7, 11) is 0. The molecule has 0 bridgehead atoms. The number of carbonyl (C=O) groups excluding carboxylic acids is 4. The van der Waals surface area contributed by atoms with E-state index in [1.54, 1.807) is 28.0 Å². The van der Waals surface area contributed by atoms with Gasteiger partial charge in [-0.25, -0.2) is 0 Å². The summed E-state index contributed by atoms with van der Waals surface area (Å²) in [5, 5.41) is 18.1. The third-order valence-electron chi connectivity index (χ3n) is 10.2. The van der Waals surface area contributed by atoms with Crippen LogP contribution in [0.25, 0.3) is 10.9 Å². The maximum absolute atomic E-state index is 14.0. The third-order valence-corrected chi connectivity index (χ3v) is 10.5. The number of aromatic nitrogens is 1. The van der Waals surface area contributed by atoms with E-state index in [2.05, 4.69) is 20.9 Å². The molecule has 1 aromatic heterocycles. The van der Waals surface area contributed by atoms with Gasteiger partial charge < -0.3 is 45.3 Å². The Morgan fingerprint density at radius 2 is 1.62 bits per heavy atom. The standard InChI is InChI=1S/C43H43ClN6O8/c1-2-13-50(30-14-28-15-32(42(55)46-21-38(53)54)47-40(28)35(16-30)57-23-26-9-5-3-6-10-26)37(52)20-45-43(56)33-17-31-39-29(19-44)22-49(25-51)34(39)18-36(41(31)48-33)58-24-27-11-7-4-8-12-27/h3-12,14,16-18,25,29,32,47-48H,2,13,15,19-24H2,1H3,(H,45,56)(H,46,55)(H,53,54)/t29-,32?/m1/s1. The number of nitrogens with one attached hydrogen (secondary N) is 4. The van der Waals surface area contributed by atoms with Crippen LogP contribution in [0.3, 0.4) is 0 Å². The number of hydrogen-bond acceptors (Lipinski definition) is 8. The molecule has 5 N–H and O–H groups in total. The predicted octanol–water partition coefficient (Wildman–Crippen LogP) is 5.34. The fourth-order valence-electron chi connectivity index (χ4n) is 7.41. The summed E-state index contributed by atoms with van der Waals surface area (Å²) in [6.45, 7) is 2.29. The first-order valence-corrected chi connectivity index (χ1v) is 19.5. The maximum atomic E-state index is 14.0. The number of halogens is 1. The number of aromatic amines is 1. The monoisotopic (exact) mass is 806 g/mol. The van der Waals surface area contributed by atoms with Crippen molar-refractivity contribution in [1.29, 1.82) is 0 Å². The average Bonchev–Trinajstić information content (AvgIpc) is 3.98. The Bertz CT molecular complexity index is 2340. The van der Waals surface area contributed by atoms with Crippen molar-refractivity contribution >= 4 is 69.7 Å². The minimum absolute atomic E-state index is 0.165. The Morgan fingerprint density at radius 1 is 0.931 bits per heavy atom. The molecule has 0 spiro atoms. The fraction of sp³-hybridized carbons (Fsp3) is 0.279. The van der Waals surface area contributed by atoms with Gasteiger partial charge in [-0.05, 0) is 40.8 Å². The number of rotatable bonds is 17. The van der Waals surface area contributed by atoms with Crippen molar-refractivity contribution in [2.75, 3.05) is 47.2 Å². The molecule has 3 heterocycles. The van der Waals surface area contributed by atoms with E-state index >= 15 is 0 Å². The second-order valence-corrected chi connectivity index (χ2v) is 14.5. The fourth-order valence-corrected chi connectivity index (χ4v) is 7.66. The Balaban J connectivity index is 1.13. The smallest absolute Gasteiger partial charge is 0.322 e. The van der Waals surface area contributed by atoms with E-state index in [1.807, 2.05) is 73.7 Å². The summed E-state index contributed by atoms with van der Waals surface area (Å²) in [5.74, 6) is -1.55. The van der Waals surface area contributed by atoms with E-state index in [0.29, 0.717) is 64.5 Å². The van der Waals surface area contributed by atoms with Crippen LogP contribution >= 0.6 is 11.6 Å². The molecule has 2 atom stereocenters. The highest BCUT2D eigenvalue weighted by molar-refractivity contribution is 6.19. The third kappa shape index (κ3) is 8.56. The molecule has 4 amide bonds. The number of benzene rings is 4. The van der Waals surface area contributed by atoms with Gasteiger partial charge in [-0.2, -0.15) is 0 Å². The Morgan fingerprint density at radius 3 is 2.26 bits per heavy atom. The van der Waals surface area contributed by atoms with E-state index in [-0.39, 0.29) is 49.6 Å². The Kier molecular flexibility index (Phi) is 12.1. The molecular formula is C43H43ClN6O8. The van der Waals surface area contributed by atoms with Gasteiger partial charge in [0.2, 0.25) is 18.2 Å². The van der Waals surface area contributed by atoms with Gasteiger partial charge in [0.1, 0.15) is 43.0 Å². The topological polar surface area (TPSA) is 182 Å². The number of fused-ring (bicyclic) bond motifs is 4. The number of carboxylic acid groups (broad SMARTS) is 1. The van der Waals surface area contributed by atoms with Gasteiger partial charge in [-0.3, -0.25) is 24.0 Å². The highest BCUT2D eigenvalue weighted by Gasteiger charge is 2.34. The lowest BCUT2D eigenvalue weighted by atomic mass is 9.98. The highest BCUT2D eigenvalue weighted by Crippen LogP contribution is 2.45. The van der Waals surface area contributed by atoms with Crippen molar-refractivity contribution in [1.82, 2.24) is 15.6 Å². The molecule has 7 rings (SSSR count). The Labute approximate surface area is 339 Å². The molecule has 15 heteroatoms. The number of carboxylic acids is 1. The van der Waals surface area contributed by atoms with Crippen molar-refractivity contribution in [2.45, 2.75) is 44.9 Å². The molecule has 300 valence electrons. The SMILES string of the molecule is CCCN(C(=O)CNC(=O)c1cc2c3c(cc(OCc4ccccc4)c2[nH]1)N(C=O)C[C@H]3CCl)c1cc2c(c(OCc3ccccc3)c1)NC(C(=O)NCC(=O)O)C2. The molecule has 0 saturated heterocycles. The van der Waals surface area contributed by atoms with Crippen LogP contribution in [0.1, 0.15) is 52.0 Å². The van der Waals surface area contributed by atoms with Crippen LogP contribution < -0.4 is 35.2 Å². The molecule has 2 aliphatic rings. The maximum Gasteiger partial charge on any atom is 0.322 e. The van der Waals surface area contributed by atoms with Crippen molar-refractivity contribution in [2.24, 2.45) is 0 Å².